The Hall–Kier alpha value is -2.38. The second-order valence-electron chi connectivity index (χ2n) is 7.35. The number of carbonyl (C=O) groups is 1. The molecule has 3 rings (SSSR count). The normalized spacial score (nSPS) is 19.0. The zero-order chi connectivity index (χ0) is 19.9. The van der Waals surface area contributed by atoms with Gasteiger partial charge in [0.2, 0.25) is 5.91 Å². The third kappa shape index (κ3) is 5.56. The van der Waals surface area contributed by atoms with E-state index in [2.05, 4.69) is 14.9 Å². The smallest absolute Gasteiger partial charge is 0.219 e. The number of aliphatic hydroxyl groups excluding tert-OH is 1. The van der Waals surface area contributed by atoms with E-state index in [-0.39, 0.29) is 17.8 Å². The molecular formula is C21H27FN4O2. The summed E-state index contributed by atoms with van der Waals surface area (Å²) in [7, 11) is 0. The molecule has 2 aromatic rings. The lowest BCUT2D eigenvalue weighted by molar-refractivity contribution is -0.132. The first kappa shape index (κ1) is 20.4. The van der Waals surface area contributed by atoms with Crippen molar-refractivity contribution < 1.29 is 14.3 Å². The minimum absolute atomic E-state index is 0.0497. The minimum atomic E-state index is -0.650. The third-order valence-corrected chi connectivity index (χ3v) is 5.29. The molecule has 6 nitrogen and oxygen atoms in total. The van der Waals surface area contributed by atoms with Gasteiger partial charge in [0, 0.05) is 50.6 Å². The van der Waals surface area contributed by atoms with Gasteiger partial charge in [-0.2, -0.15) is 0 Å². The van der Waals surface area contributed by atoms with Crippen LogP contribution in [0, 0.1) is 5.82 Å². The number of hydrogen-bond donors (Lipinski definition) is 1. The van der Waals surface area contributed by atoms with Crippen molar-refractivity contribution >= 4 is 5.91 Å². The number of halogens is 1. The maximum Gasteiger partial charge on any atom is 0.219 e. The third-order valence-electron chi connectivity index (χ3n) is 5.29. The van der Waals surface area contributed by atoms with Crippen LogP contribution >= 0.6 is 0 Å². The van der Waals surface area contributed by atoms with Gasteiger partial charge in [-0.05, 0) is 43.5 Å². The average Bonchev–Trinajstić information content (AvgIpc) is 2.92. The molecule has 1 fully saturated rings. The van der Waals surface area contributed by atoms with E-state index in [1.807, 2.05) is 4.90 Å². The van der Waals surface area contributed by atoms with E-state index in [0.29, 0.717) is 13.1 Å². The fourth-order valence-electron chi connectivity index (χ4n) is 3.77. The average molecular weight is 386 g/mol. The second-order valence-corrected chi connectivity index (χ2v) is 7.35. The Morgan fingerprint density at radius 2 is 1.96 bits per heavy atom. The molecule has 1 amide bonds. The molecule has 1 aliphatic heterocycles. The van der Waals surface area contributed by atoms with Crippen LogP contribution in [0.1, 0.15) is 43.4 Å². The van der Waals surface area contributed by atoms with Crippen molar-refractivity contribution in [3.63, 3.8) is 0 Å². The van der Waals surface area contributed by atoms with Crippen LogP contribution in [0.15, 0.2) is 43.0 Å². The second kappa shape index (κ2) is 9.71. The number of likely N-dealkylation sites (tertiary alicyclic amines) is 1. The first-order valence-electron chi connectivity index (χ1n) is 9.70. The maximum atomic E-state index is 13.1. The van der Waals surface area contributed by atoms with Crippen LogP contribution in [0.3, 0.4) is 0 Å². The molecule has 0 unspecified atom stereocenters. The largest absolute Gasteiger partial charge is 0.387 e. The first-order valence-corrected chi connectivity index (χ1v) is 9.70. The molecular weight excluding hydrogens is 359 g/mol. The molecule has 0 radical (unpaired) electrons. The van der Waals surface area contributed by atoms with Crippen molar-refractivity contribution in [3.8, 4) is 0 Å². The van der Waals surface area contributed by atoms with E-state index in [0.717, 1.165) is 43.5 Å². The molecule has 1 aliphatic rings. The van der Waals surface area contributed by atoms with Crippen LogP contribution < -0.4 is 0 Å². The molecule has 150 valence electrons. The molecule has 7 heteroatoms. The number of β-amino-alcohol motifs (C(OH)–C–C–N with tert-alkyl or cyclic N) is 1. The van der Waals surface area contributed by atoms with Crippen LogP contribution in [0.2, 0.25) is 0 Å². The monoisotopic (exact) mass is 386 g/mol. The van der Waals surface area contributed by atoms with E-state index >= 15 is 0 Å². The highest BCUT2D eigenvalue weighted by Gasteiger charge is 2.25. The zero-order valence-electron chi connectivity index (χ0n) is 16.2. The summed E-state index contributed by atoms with van der Waals surface area (Å²) in [6.45, 7) is 4.29. The van der Waals surface area contributed by atoms with Crippen LogP contribution in [0.5, 0.6) is 0 Å². The molecule has 2 heterocycles. The predicted molar refractivity (Wildman–Crippen MR) is 104 cm³/mol. The van der Waals surface area contributed by atoms with Gasteiger partial charge in [0.25, 0.3) is 0 Å². The van der Waals surface area contributed by atoms with Crippen molar-refractivity contribution in [2.45, 2.75) is 44.9 Å². The molecule has 1 aromatic carbocycles. The highest BCUT2D eigenvalue weighted by atomic mass is 19.1. The van der Waals surface area contributed by atoms with Gasteiger partial charge in [-0.1, -0.05) is 12.1 Å². The lowest BCUT2D eigenvalue weighted by Crippen LogP contribution is -2.39. The van der Waals surface area contributed by atoms with Gasteiger partial charge in [0.1, 0.15) is 12.1 Å². The number of benzene rings is 1. The summed E-state index contributed by atoms with van der Waals surface area (Å²) in [5, 5.41) is 10.5. The van der Waals surface area contributed by atoms with E-state index in [1.54, 1.807) is 31.5 Å². The SMILES string of the molecule is CC(=O)N(Cc1cncnc1)[C@H]1CCCN(C[C@H](O)c2ccc(F)cc2)CC1. The quantitative estimate of drug-likeness (QED) is 0.826. The number of rotatable bonds is 6. The summed E-state index contributed by atoms with van der Waals surface area (Å²) in [4.78, 5) is 24.4. The predicted octanol–water partition coefficient (Wildman–Crippen LogP) is 2.55. The van der Waals surface area contributed by atoms with Gasteiger partial charge < -0.3 is 14.9 Å². The Balaban J connectivity index is 1.58. The van der Waals surface area contributed by atoms with Crippen molar-refractivity contribution in [2.75, 3.05) is 19.6 Å². The summed E-state index contributed by atoms with van der Waals surface area (Å²) >= 11 is 0. The molecule has 28 heavy (non-hydrogen) atoms. The van der Waals surface area contributed by atoms with E-state index in [9.17, 15) is 14.3 Å². The van der Waals surface area contributed by atoms with Crippen LogP contribution in [0.4, 0.5) is 4.39 Å². The standard InChI is InChI=1S/C21H27FN4O2/c1-16(27)26(13-17-11-23-15-24-12-17)20-3-2-9-25(10-8-20)14-21(28)18-4-6-19(22)7-5-18/h4-7,11-12,15,20-21,28H,2-3,8-10,13-14H2,1H3/t20-,21-/m0/s1. The topological polar surface area (TPSA) is 69.6 Å². The molecule has 0 bridgehead atoms. The van der Waals surface area contributed by atoms with E-state index in [1.165, 1.54) is 18.5 Å². The molecule has 1 N–H and O–H groups in total. The van der Waals surface area contributed by atoms with Gasteiger partial charge in [-0.25, -0.2) is 14.4 Å². The molecule has 0 spiro atoms. The first-order chi connectivity index (χ1) is 13.5. The van der Waals surface area contributed by atoms with E-state index < -0.39 is 6.10 Å². The number of aromatic nitrogens is 2. The van der Waals surface area contributed by atoms with Gasteiger partial charge in [-0.15, -0.1) is 0 Å². The van der Waals surface area contributed by atoms with Crippen molar-refractivity contribution in [1.82, 2.24) is 19.8 Å². The van der Waals surface area contributed by atoms with Crippen molar-refractivity contribution in [3.05, 3.63) is 59.9 Å². The maximum absolute atomic E-state index is 13.1. The lowest BCUT2D eigenvalue weighted by atomic mass is 10.1. The minimum Gasteiger partial charge on any atom is -0.387 e. The molecule has 1 saturated heterocycles. The Kier molecular flexibility index (Phi) is 7.06. The van der Waals surface area contributed by atoms with Crippen molar-refractivity contribution in [2.24, 2.45) is 0 Å². The van der Waals surface area contributed by atoms with Crippen molar-refractivity contribution in [1.29, 1.82) is 0 Å². The van der Waals surface area contributed by atoms with Gasteiger partial charge in [0.15, 0.2) is 0 Å². The fourth-order valence-corrected chi connectivity index (χ4v) is 3.77. The van der Waals surface area contributed by atoms with Gasteiger partial charge >= 0.3 is 0 Å². The Morgan fingerprint density at radius 1 is 1.25 bits per heavy atom. The van der Waals surface area contributed by atoms with Gasteiger partial charge in [-0.3, -0.25) is 4.79 Å². The van der Waals surface area contributed by atoms with Crippen LogP contribution in [-0.4, -0.2) is 56.5 Å². The van der Waals surface area contributed by atoms with Crippen LogP contribution in [0.25, 0.3) is 0 Å². The van der Waals surface area contributed by atoms with Gasteiger partial charge in [0.05, 0.1) is 6.10 Å². The number of nitrogens with zero attached hydrogens (tertiary/aromatic N) is 4. The Morgan fingerprint density at radius 3 is 2.64 bits per heavy atom. The summed E-state index contributed by atoms with van der Waals surface area (Å²) in [6.07, 6.45) is 7.05. The van der Waals surface area contributed by atoms with Crippen LogP contribution in [-0.2, 0) is 11.3 Å². The zero-order valence-corrected chi connectivity index (χ0v) is 16.2. The summed E-state index contributed by atoms with van der Waals surface area (Å²) in [5.41, 5.74) is 1.64. The fraction of sp³-hybridized carbons (Fsp3) is 0.476. The highest BCUT2D eigenvalue weighted by Crippen LogP contribution is 2.22. The summed E-state index contributed by atoms with van der Waals surface area (Å²) in [5.74, 6) is -0.254. The molecule has 2 atom stereocenters. The summed E-state index contributed by atoms with van der Waals surface area (Å²) < 4.78 is 13.1. The lowest BCUT2D eigenvalue weighted by Gasteiger charge is -2.30. The molecule has 1 aromatic heterocycles. The number of aliphatic hydroxyl groups is 1. The number of hydrogen-bond acceptors (Lipinski definition) is 5. The molecule has 0 aliphatic carbocycles. The highest BCUT2D eigenvalue weighted by molar-refractivity contribution is 5.73. The Labute approximate surface area is 165 Å². The number of amides is 1. The molecule has 0 saturated carbocycles. The van der Waals surface area contributed by atoms with E-state index in [4.69, 9.17) is 0 Å². The Bertz CT molecular complexity index is 757. The summed E-state index contributed by atoms with van der Waals surface area (Å²) in [6, 6.07) is 6.15. The number of carbonyl (C=O) groups excluding carboxylic acids is 1.